The molecule has 3 atom stereocenters. The maximum atomic E-state index is 12.5. The fraction of sp³-hybridized carbons (Fsp3) is 0.444. The molecule has 3 unspecified atom stereocenters. The Labute approximate surface area is 165 Å². The lowest BCUT2D eigenvalue weighted by Crippen LogP contribution is -2.71. The highest BCUT2D eigenvalue weighted by Crippen LogP contribution is 2.36. The third kappa shape index (κ3) is 3.62. The van der Waals surface area contributed by atoms with E-state index in [1.54, 1.807) is 6.92 Å². The van der Waals surface area contributed by atoms with Crippen molar-refractivity contribution in [3.63, 3.8) is 0 Å². The van der Waals surface area contributed by atoms with Crippen molar-refractivity contribution < 1.29 is 33.6 Å². The quantitative estimate of drug-likeness (QED) is 0.221. The Morgan fingerprint density at radius 2 is 1.90 bits per heavy atom. The molecule has 1 aromatic carbocycles. The van der Waals surface area contributed by atoms with Crippen molar-refractivity contribution in [2.45, 2.75) is 38.1 Å². The second kappa shape index (κ2) is 7.86. The molecule has 11 heteroatoms. The van der Waals surface area contributed by atoms with E-state index in [0.29, 0.717) is 5.56 Å². The molecule has 0 aromatic heterocycles. The Morgan fingerprint density at radius 3 is 2.48 bits per heavy atom. The van der Waals surface area contributed by atoms with Crippen molar-refractivity contribution in [3.05, 3.63) is 39.9 Å². The van der Waals surface area contributed by atoms with Gasteiger partial charge < -0.3 is 14.4 Å². The number of carbonyl (C=O) groups excluding carboxylic acids is 4. The van der Waals surface area contributed by atoms with E-state index in [4.69, 9.17) is 9.47 Å². The summed E-state index contributed by atoms with van der Waals surface area (Å²) in [5.74, 6) is -1.85. The minimum atomic E-state index is -1.35. The van der Waals surface area contributed by atoms with Gasteiger partial charge in [-0.1, -0.05) is 0 Å². The Bertz CT molecular complexity index is 868. The topological polar surface area (TPSA) is 136 Å². The first-order valence-electron chi connectivity index (χ1n) is 8.90. The molecule has 2 fully saturated rings. The number of rotatable bonds is 6. The lowest BCUT2D eigenvalue weighted by atomic mass is 9.95. The summed E-state index contributed by atoms with van der Waals surface area (Å²) in [7, 11) is 1.41. The van der Waals surface area contributed by atoms with E-state index < -0.39 is 46.8 Å². The van der Waals surface area contributed by atoms with Crippen LogP contribution in [0, 0.1) is 10.1 Å². The van der Waals surface area contributed by atoms with Crippen molar-refractivity contribution >= 4 is 29.4 Å². The Balaban J connectivity index is 1.62. The summed E-state index contributed by atoms with van der Waals surface area (Å²) >= 11 is 0. The predicted molar refractivity (Wildman–Crippen MR) is 95.5 cm³/mol. The van der Waals surface area contributed by atoms with Crippen molar-refractivity contribution in [2.75, 3.05) is 13.7 Å². The number of nitro groups is 1. The molecule has 2 amide bonds. The monoisotopic (exact) mass is 405 g/mol. The van der Waals surface area contributed by atoms with E-state index in [2.05, 4.69) is 0 Å². The van der Waals surface area contributed by atoms with Gasteiger partial charge in [0.2, 0.25) is 5.91 Å². The summed E-state index contributed by atoms with van der Waals surface area (Å²) in [5.41, 5.74) is 0.401. The van der Waals surface area contributed by atoms with Gasteiger partial charge in [-0.15, -0.1) is 0 Å². The molecule has 3 rings (SSSR count). The maximum Gasteiger partial charge on any atom is 0.410 e. The first kappa shape index (κ1) is 20.2. The summed E-state index contributed by atoms with van der Waals surface area (Å²) in [5, 5.41) is 10.7. The van der Waals surface area contributed by atoms with Gasteiger partial charge in [0, 0.05) is 25.6 Å². The Morgan fingerprint density at radius 1 is 1.24 bits per heavy atom. The van der Waals surface area contributed by atoms with Crippen LogP contribution < -0.4 is 0 Å². The zero-order chi connectivity index (χ0) is 21.3. The summed E-state index contributed by atoms with van der Waals surface area (Å²) in [6.07, 6.45) is -0.737. The zero-order valence-electron chi connectivity index (χ0n) is 15.8. The molecule has 2 saturated heterocycles. The largest absolute Gasteiger partial charge is 0.459 e. The zero-order valence-corrected chi connectivity index (χ0v) is 15.8. The fourth-order valence-electron chi connectivity index (χ4n) is 3.51. The minimum Gasteiger partial charge on any atom is -0.459 e. The number of amides is 2. The number of nitrogens with zero attached hydrogens (tertiary/aromatic N) is 3. The molecule has 0 N–H and O–H groups in total. The number of nitro benzene ring substituents is 1. The number of carbonyl (C=O) groups is 4. The molecule has 0 spiro atoms. The van der Waals surface area contributed by atoms with Crippen LogP contribution in [0.15, 0.2) is 24.3 Å². The SMILES string of the molecule is CCOC(=O)N(C)C1C(=O)N2C(C(=O)OCc3ccc([N+](=O)[O-])cc3)C(=O)CC12. The molecular weight excluding hydrogens is 386 g/mol. The van der Waals surface area contributed by atoms with Gasteiger partial charge in [0.15, 0.2) is 11.8 Å². The van der Waals surface area contributed by atoms with Crippen LogP contribution in [-0.4, -0.2) is 70.3 Å². The van der Waals surface area contributed by atoms with Gasteiger partial charge in [-0.05, 0) is 24.6 Å². The number of benzene rings is 1. The molecule has 2 aliphatic rings. The first-order valence-corrected chi connectivity index (χ1v) is 8.90. The van der Waals surface area contributed by atoms with Gasteiger partial charge in [-0.3, -0.25) is 24.6 Å². The highest BCUT2D eigenvalue weighted by molar-refractivity contribution is 6.12. The highest BCUT2D eigenvalue weighted by Gasteiger charge is 2.62. The number of hydrogen-bond donors (Lipinski definition) is 0. The third-order valence-electron chi connectivity index (χ3n) is 4.95. The van der Waals surface area contributed by atoms with Crippen LogP contribution in [0.2, 0.25) is 0 Å². The molecule has 0 bridgehead atoms. The lowest BCUT2D eigenvalue weighted by molar-refractivity contribution is -0.384. The standard InChI is InChI=1S/C18H19N3O8/c1-3-28-18(25)19(2)14-12-8-13(22)15(20(12)16(14)23)17(24)29-9-10-4-6-11(7-5-10)21(26)27/h4-7,12,14-15H,3,8-9H2,1-2H3. The molecule has 0 radical (unpaired) electrons. The Kier molecular flexibility index (Phi) is 5.48. The fourth-order valence-corrected chi connectivity index (χ4v) is 3.51. The van der Waals surface area contributed by atoms with Crippen molar-refractivity contribution in [3.8, 4) is 0 Å². The van der Waals surface area contributed by atoms with E-state index in [-0.39, 0.29) is 25.3 Å². The summed E-state index contributed by atoms with van der Waals surface area (Å²) in [4.78, 5) is 61.4. The van der Waals surface area contributed by atoms with Crippen LogP contribution in [0.5, 0.6) is 0 Å². The normalized spacial score (nSPS) is 22.6. The molecule has 11 nitrogen and oxygen atoms in total. The lowest BCUT2D eigenvalue weighted by Gasteiger charge is -2.46. The second-order valence-electron chi connectivity index (χ2n) is 6.67. The number of non-ortho nitro benzene ring substituents is 1. The smallest absolute Gasteiger partial charge is 0.410 e. The van der Waals surface area contributed by atoms with Gasteiger partial charge in [0.1, 0.15) is 12.6 Å². The molecule has 2 aliphatic heterocycles. The van der Waals surface area contributed by atoms with Gasteiger partial charge in [0.05, 0.1) is 17.6 Å². The average molecular weight is 405 g/mol. The van der Waals surface area contributed by atoms with Gasteiger partial charge in [-0.25, -0.2) is 9.59 Å². The third-order valence-corrected chi connectivity index (χ3v) is 4.95. The number of β-lactam (4-membered cyclic amide) rings is 1. The molecular formula is C18H19N3O8. The molecule has 0 aliphatic carbocycles. The van der Waals surface area contributed by atoms with Crippen LogP contribution in [0.25, 0.3) is 0 Å². The van der Waals surface area contributed by atoms with E-state index in [9.17, 15) is 29.3 Å². The van der Waals surface area contributed by atoms with E-state index in [0.717, 1.165) is 9.80 Å². The molecule has 29 heavy (non-hydrogen) atoms. The number of ketones is 1. The predicted octanol–water partition coefficient (Wildman–Crippen LogP) is 0.647. The number of esters is 1. The summed E-state index contributed by atoms with van der Waals surface area (Å²) in [6, 6.07) is 2.61. The van der Waals surface area contributed by atoms with E-state index >= 15 is 0 Å². The Hall–Kier alpha value is -3.50. The van der Waals surface area contributed by atoms with Gasteiger partial charge in [-0.2, -0.15) is 0 Å². The molecule has 1 aromatic rings. The second-order valence-corrected chi connectivity index (χ2v) is 6.67. The van der Waals surface area contributed by atoms with Crippen LogP contribution in [0.4, 0.5) is 10.5 Å². The average Bonchev–Trinajstić information content (AvgIpc) is 2.99. The van der Waals surface area contributed by atoms with Crippen LogP contribution in [-0.2, 0) is 30.5 Å². The van der Waals surface area contributed by atoms with Crippen molar-refractivity contribution in [1.29, 1.82) is 0 Å². The van der Waals surface area contributed by atoms with E-state index in [1.165, 1.54) is 31.3 Å². The number of likely N-dealkylation sites (N-methyl/N-ethyl adjacent to an activating group) is 1. The number of hydrogen-bond acceptors (Lipinski definition) is 8. The van der Waals surface area contributed by atoms with Crippen LogP contribution in [0.3, 0.4) is 0 Å². The maximum absolute atomic E-state index is 12.5. The van der Waals surface area contributed by atoms with Crippen LogP contribution in [0.1, 0.15) is 18.9 Å². The number of Topliss-reactive ketones (excluding diaryl/α,β-unsaturated/α-hetero) is 1. The summed E-state index contributed by atoms with van der Waals surface area (Å²) in [6.45, 7) is 1.59. The van der Waals surface area contributed by atoms with Gasteiger partial charge >= 0.3 is 12.1 Å². The molecule has 2 heterocycles. The minimum absolute atomic E-state index is 0.0581. The number of ether oxygens (including phenoxy) is 2. The molecule has 154 valence electrons. The van der Waals surface area contributed by atoms with Crippen molar-refractivity contribution in [1.82, 2.24) is 9.80 Å². The summed E-state index contributed by atoms with van der Waals surface area (Å²) < 4.78 is 10.0. The van der Waals surface area contributed by atoms with Gasteiger partial charge in [0.25, 0.3) is 5.69 Å². The van der Waals surface area contributed by atoms with Crippen molar-refractivity contribution in [2.24, 2.45) is 0 Å². The first-order chi connectivity index (χ1) is 13.8. The molecule has 0 saturated carbocycles. The van der Waals surface area contributed by atoms with E-state index in [1.807, 2.05) is 0 Å². The van der Waals surface area contributed by atoms with Crippen LogP contribution >= 0.6 is 0 Å². The highest BCUT2D eigenvalue weighted by atomic mass is 16.6. The number of fused-ring (bicyclic) bond motifs is 1.